The molecule has 2 nitrogen and oxygen atoms in total. The second-order valence-corrected chi connectivity index (χ2v) is 6.79. The highest BCUT2D eigenvalue weighted by atomic mass is 16.5. The summed E-state index contributed by atoms with van der Waals surface area (Å²) in [4.78, 5) is 12.3. The summed E-state index contributed by atoms with van der Waals surface area (Å²) in [5.74, 6) is -0.122. The predicted molar refractivity (Wildman–Crippen MR) is 91.0 cm³/mol. The average molecular weight is 298 g/mol. The van der Waals surface area contributed by atoms with Gasteiger partial charge in [0.05, 0.1) is 5.92 Å². The zero-order valence-corrected chi connectivity index (χ0v) is 12.5. The molecule has 23 heavy (non-hydrogen) atoms. The number of hydrogen-bond donors (Lipinski definition) is 0. The van der Waals surface area contributed by atoms with E-state index in [1.54, 1.807) is 0 Å². The van der Waals surface area contributed by atoms with Crippen molar-refractivity contribution in [1.29, 1.82) is 0 Å². The van der Waals surface area contributed by atoms with Crippen LogP contribution in [0.15, 0.2) is 48.5 Å². The third-order valence-corrected chi connectivity index (χ3v) is 5.68. The minimum absolute atomic E-state index is 0.0382. The quantitative estimate of drug-likeness (QED) is 0.335. The van der Waals surface area contributed by atoms with E-state index in [2.05, 4.69) is 48.5 Å². The van der Waals surface area contributed by atoms with Crippen LogP contribution in [-0.2, 0) is 9.53 Å². The molecule has 2 atom stereocenters. The maximum Gasteiger partial charge on any atom is 0.314 e. The summed E-state index contributed by atoms with van der Waals surface area (Å²) in [5.41, 5.74) is 2.45. The number of carbonyl (C=O) groups excluding carboxylic acids is 1. The Labute approximate surface area is 133 Å². The van der Waals surface area contributed by atoms with E-state index in [-0.39, 0.29) is 18.0 Å². The van der Waals surface area contributed by atoms with Gasteiger partial charge in [-0.25, -0.2) is 0 Å². The van der Waals surface area contributed by atoms with Crippen LogP contribution in [0.1, 0.15) is 36.0 Å². The smallest absolute Gasteiger partial charge is 0.314 e. The molecule has 2 heteroatoms. The van der Waals surface area contributed by atoms with Gasteiger partial charge in [-0.2, -0.15) is 0 Å². The summed E-state index contributed by atoms with van der Waals surface area (Å²) in [6.07, 6.45) is 1.82. The van der Waals surface area contributed by atoms with Crippen LogP contribution in [-0.4, -0.2) is 5.97 Å². The zero-order chi connectivity index (χ0) is 15.1. The number of esters is 1. The van der Waals surface area contributed by atoms with Gasteiger partial charge in [0.25, 0.3) is 0 Å². The second kappa shape index (κ2) is 3.83. The van der Waals surface area contributed by atoms with Gasteiger partial charge in [-0.05, 0) is 62.4 Å². The number of benzene rings is 4. The molecule has 0 N–H and O–H groups in total. The van der Waals surface area contributed by atoms with Gasteiger partial charge < -0.3 is 4.74 Å². The molecule has 0 saturated carbocycles. The van der Waals surface area contributed by atoms with Gasteiger partial charge in [-0.1, -0.05) is 42.5 Å². The Morgan fingerprint density at radius 2 is 1.65 bits per heavy atom. The van der Waals surface area contributed by atoms with Crippen LogP contribution < -0.4 is 0 Å². The monoisotopic (exact) mass is 298 g/mol. The van der Waals surface area contributed by atoms with Crippen LogP contribution in [0.25, 0.3) is 32.3 Å². The van der Waals surface area contributed by atoms with Gasteiger partial charge in [0.1, 0.15) is 6.10 Å². The van der Waals surface area contributed by atoms with Crippen LogP contribution in [0.4, 0.5) is 0 Å². The van der Waals surface area contributed by atoms with E-state index in [4.69, 9.17) is 4.74 Å². The van der Waals surface area contributed by atoms with Crippen molar-refractivity contribution in [3.63, 3.8) is 0 Å². The molecule has 4 aromatic carbocycles. The zero-order valence-electron chi connectivity index (χ0n) is 12.5. The summed E-state index contributed by atoms with van der Waals surface area (Å²) >= 11 is 0. The number of fused-ring (bicyclic) bond motifs is 2. The second-order valence-electron chi connectivity index (χ2n) is 6.79. The lowest BCUT2D eigenvalue weighted by atomic mass is 9.75. The molecule has 2 heterocycles. The molecule has 2 aliphatic heterocycles. The Kier molecular flexibility index (Phi) is 1.98. The topological polar surface area (TPSA) is 26.3 Å². The first kappa shape index (κ1) is 11.9. The van der Waals surface area contributed by atoms with E-state index in [1.807, 2.05) is 0 Å². The van der Waals surface area contributed by atoms with Gasteiger partial charge in [0.2, 0.25) is 0 Å². The fourth-order valence-corrected chi connectivity index (χ4v) is 4.71. The van der Waals surface area contributed by atoms with E-state index in [1.165, 1.54) is 43.4 Å². The molecule has 2 bridgehead atoms. The molecule has 4 aromatic rings. The van der Waals surface area contributed by atoms with Crippen molar-refractivity contribution >= 4 is 38.3 Å². The Morgan fingerprint density at radius 3 is 2.48 bits per heavy atom. The maximum atomic E-state index is 12.3. The van der Waals surface area contributed by atoms with Crippen LogP contribution in [0.3, 0.4) is 0 Å². The molecular formula is C21H14O2. The normalized spacial score (nSPS) is 22.9. The third kappa shape index (κ3) is 1.33. The number of carbonyl (C=O) groups is 1. The summed E-state index contributed by atoms with van der Waals surface area (Å²) in [7, 11) is 0. The Morgan fingerprint density at radius 1 is 0.870 bits per heavy atom. The van der Waals surface area contributed by atoms with E-state index in [9.17, 15) is 4.79 Å². The van der Waals surface area contributed by atoms with Crippen LogP contribution in [0.2, 0.25) is 0 Å². The van der Waals surface area contributed by atoms with E-state index >= 15 is 0 Å². The van der Waals surface area contributed by atoms with Crippen molar-refractivity contribution in [2.75, 3.05) is 0 Å². The fraction of sp³-hybridized carbons (Fsp3) is 0.190. The maximum absolute atomic E-state index is 12.3. The standard InChI is InChI=1S/C21H14O2/c22-21-15-8-9-17(23-21)16-10-13-5-4-11-2-1-3-12-6-7-14(20(15)16)19(13)18(11)12/h1-7,10,15,17H,8-9H2. The van der Waals surface area contributed by atoms with Crippen molar-refractivity contribution in [2.45, 2.75) is 24.9 Å². The van der Waals surface area contributed by atoms with Gasteiger partial charge >= 0.3 is 5.97 Å². The SMILES string of the molecule is O=C1OC2CCC1c1c2cc2ccc3cccc4ccc1c2c34. The minimum atomic E-state index is -0.0837. The Balaban J connectivity index is 1.89. The van der Waals surface area contributed by atoms with E-state index in [0.29, 0.717) is 0 Å². The summed E-state index contributed by atoms with van der Waals surface area (Å²) in [6.45, 7) is 0. The van der Waals surface area contributed by atoms with Crippen molar-refractivity contribution in [3.05, 3.63) is 59.7 Å². The first-order valence-corrected chi connectivity index (χ1v) is 8.22. The molecule has 1 aliphatic carbocycles. The summed E-state index contributed by atoms with van der Waals surface area (Å²) in [6, 6.07) is 17.5. The molecule has 1 fully saturated rings. The van der Waals surface area contributed by atoms with Crippen molar-refractivity contribution in [2.24, 2.45) is 0 Å². The first-order chi connectivity index (χ1) is 11.3. The lowest BCUT2D eigenvalue weighted by Gasteiger charge is -2.38. The predicted octanol–water partition coefficient (Wildman–Crippen LogP) is 5.06. The molecule has 7 rings (SSSR count). The van der Waals surface area contributed by atoms with Crippen molar-refractivity contribution in [1.82, 2.24) is 0 Å². The Hall–Kier alpha value is -2.61. The third-order valence-electron chi connectivity index (χ3n) is 5.68. The van der Waals surface area contributed by atoms with Gasteiger partial charge in [-0.3, -0.25) is 4.79 Å². The number of rotatable bonds is 0. The molecule has 0 aromatic heterocycles. The number of ether oxygens (including phenoxy) is 1. The highest BCUT2D eigenvalue weighted by Gasteiger charge is 2.41. The van der Waals surface area contributed by atoms with Crippen molar-refractivity contribution in [3.8, 4) is 0 Å². The lowest BCUT2D eigenvalue weighted by molar-refractivity contribution is -0.159. The van der Waals surface area contributed by atoms with Crippen LogP contribution in [0, 0.1) is 0 Å². The Bertz CT molecular complexity index is 1110. The summed E-state index contributed by atoms with van der Waals surface area (Å²) in [5, 5.41) is 7.66. The highest BCUT2D eigenvalue weighted by molar-refractivity contribution is 6.24. The first-order valence-electron chi connectivity index (χ1n) is 8.22. The average Bonchev–Trinajstić information content (AvgIpc) is 2.59. The largest absolute Gasteiger partial charge is 0.457 e. The van der Waals surface area contributed by atoms with E-state index in [0.717, 1.165) is 12.8 Å². The van der Waals surface area contributed by atoms with Gasteiger partial charge in [0, 0.05) is 0 Å². The highest BCUT2D eigenvalue weighted by Crippen LogP contribution is 2.50. The molecule has 2 unspecified atom stereocenters. The molecule has 3 aliphatic rings. The van der Waals surface area contributed by atoms with Gasteiger partial charge in [-0.15, -0.1) is 0 Å². The van der Waals surface area contributed by atoms with E-state index < -0.39 is 0 Å². The fourth-order valence-electron chi connectivity index (χ4n) is 4.71. The van der Waals surface area contributed by atoms with Crippen molar-refractivity contribution < 1.29 is 9.53 Å². The summed E-state index contributed by atoms with van der Waals surface area (Å²) < 4.78 is 5.60. The molecule has 0 amide bonds. The van der Waals surface area contributed by atoms with Crippen LogP contribution in [0.5, 0.6) is 0 Å². The minimum Gasteiger partial charge on any atom is -0.457 e. The molecular weight excluding hydrogens is 284 g/mol. The molecule has 0 spiro atoms. The molecule has 110 valence electrons. The van der Waals surface area contributed by atoms with Crippen LogP contribution >= 0.6 is 0 Å². The van der Waals surface area contributed by atoms with Gasteiger partial charge in [0.15, 0.2) is 0 Å². The molecule has 1 saturated heterocycles. The molecule has 0 radical (unpaired) electrons. The number of hydrogen-bond acceptors (Lipinski definition) is 2. The lowest BCUT2D eigenvalue weighted by Crippen LogP contribution is -2.32.